The van der Waals surface area contributed by atoms with Crippen LogP contribution in [0.5, 0.6) is 0 Å². The molecule has 6 aliphatic rings. The van der Waals surface area contributed by atoms with Crippen molar-refractivity contribution in [2.24, 2.45) is 50.7 Å². The minimum atomic E-state index is -0.451. The van der Waals surface area contributed by atoms with Crippen LogP contribution < -0.4 is 0 Å². The third-order valence-electron chi connectivity index (χ3n) is 13.7. The third kappa shape index (κ3) is 3.66. The highest BCUT2D eigenvalue weighted by Gasteiger charge is 2.68. The smallest absolute Gasteiger partial charge is 0.226 e. The van der Waals surface area contributed by atoms with Crippen LogP contribution in [0.3, 0.4) is 0 Å². The number of fused-ring (bicyclic) bond motifs is 7. The van der Waals surface area contributed by atoms with E-state index >= 15 is 0 Å². The van der Waals surface area contributed by atoms with Crippen molar-refractivity contribution in [3.05, 3.63) is 34.8 Å². The number of ketones is 2. The molecule has 0 unspecified atom stereocenters. The number of allylic oxidation sites excluding steroid dienone is 4. The molecule has 0 N–H and O–H groups in total. The molecule has 5 aliphatic carbocycles. The molecule has 0 radical (unpaired) electrons. The zero-order valence-corrected chi connectivity index (χ0v) is 25.6. The first-order valence-corrected chi connectivity index (χ1v) is 15.9. The van der Waals surface area contributed by atoms with Gasteiger partial charge >= 0.3 is 0 Å². The molecule has 1 aliphatic heterocycles. The van der Waals surface area contributed by atoms with E-state index in [9.17, 15) is 14.4 Å². The fourth-order valence-corrected chi connectivity index (χ4v) is 10.8. The summed E-state index contributed by atoms with van der Waals surface area (Å²) in [5.41, 5.74) is 0.879. The normalized spacial score (nSPS) is 45.5. The second-order valence-electron chi connectivity index (χ2n) is 16.0. The van der Waals surface area contributed by atoms with Gasteiger partial charge in [-0.25, -0.2) is 4.85 Å². The summed E-state index contributed by atoms with van der Waals surface area (Å²) in [5.74, 6) is 0.701. The van der Waals surface area contributed by atoms with E-state index in [0.29, 0.717) is 12.3 Å². The Morgan fingerprint density at radius 3 is 2.38 bits per heavy atom. The lowest BCUT2D eigenvalue weighted by Crippen LogP contribution is -2.64. The zero-order valence-electron chi connectivity index (χ0n) is 25.6. The van der Waals surface area contributed by atoms with Gasteiger partial charge in [0.2, 0.25) is 11.6 Å². The molecule has 0 spiro atoms. The highest BCUT2D eigenvalue weighted by molar-refractivity contribution is 6.01. The van der Waals surface area contributed by atoms with E-state index in [1.165, 1.54) is 5.57 Å². The van der Waals surface area contributed by atoms with Gasteiger partial charge in [0.25, 0.3) is 0 Å². The number of Topliss-reactive ketones (excluding diaryl/α,β-unsaturated/α-hetero) is 1. The van der Waals surface area contributed by atoms with Crippen molar-refractivity contribution in [2.45, 2.75) is 106 Å². The van der Waals surface area contributed by atoms with Crippen LogP contribution in [-0.2, 0) is 14.4 Å². The Morgan fingerprint density at radius 2 is 1.73 bits per heavy atom. The van der Waals surface area contributed by atoms with Crippen molar-refractivity contribution < 1.29 is 14.4 Å². The summed E-state index contributed by atoms with van der Waals surface area (Å²) in [6.45, 7) is 23.2. The number of carbonyl (C=O) groups excluding carboxylic acids is 3. The van der Waals surface area contributed by atoms with Crippen LogP contribution in [0.2, 0.25) is 0 Å². The van der Waals surface area contributed by atoms with Crippen LogP contribution in [0.4, 0.5) is 0 Å². The molecule has 5 nitrogen and oxygen atoms in total. The average molecular weight is 545 g/mol. The molecule has 40 heavy (non-hydrogen) atoms. The molecule has 216 valence electrons. The zero-order chi connectivity index (χ0) is 28.9. The van der Waals surface area contributed by atoms with Gasteiger partial charge in [-0.15, -0.1) is 0 Å². The summed E-state index contributed by atoms with van der Waals surface area (Å²) in [7, 11) is 0. The Balaban J connectivity index is 1.42. The molecule has 1 heterocycles. The Kier molecular flexibility index (Phi) is 6.21. The first-order valence-electron chi connectivity index (χ1n) is 15.9. The second kappa shape index (κ2) is 8.89. The first-order chi connectivity index (χ1) is 18.7. The summed E-state index contributed by atoms with van der Waals surface area (Å²) < 4.78 is 0. The fourth-order valence-electron chi connectivity index (χ4n) is 10.8. The topological polar surface area (TPSA) is 58.8 Å². The number of hydrogen-bond acceptors (Lipinski definition) is 3. The molecular weight excluding hydrogens is 496 g/mol. The Bertz CT molecular complexity index is 1270. The molecule has 0 aromatic rings. The largest absolute Gasteiger partial charge is 0.343 e. The number of likely N-dealkylation sites (tertiary alicyclic amines) is 1. The van der Waals surface area contributed by atoms with Crippen LogP contribution in [0.15, 0.2) is 23.4 Å². The average Bonchev–Trinajstić information content (AvgIpc) is 2.85. The molecule has 5 heteroatoms. The first kappa shape index (κ1) is 27.9. The van der Waals surface area contributed by atoms with Gasteiger partial charge in [0.15, 0.2) is 11.6 Å². The molecule has 3 saturated carbocycles. The standard InChI is InChI=1S/C35H48N2O3/c1-22-23-9-11-33(5)27(32(23,4)21-25(36-7)30(22)40)19-26(38)29-24-20-31(2,3)13-15-35(24,16-14-34(29,33)6)12-10-28(39)37-17-8-18-37/h19,21-24,29H,8-18,20H2,1-6H3/t22-,23-,24-,29-,32-,33+,34+,35+/m0/s1. The molecule has 0 aromatic heterocycles. The molecule has 1 amide bonds. The van der Waals surface area contributed by atoms with Crippen LogP contribution in [0, 0.1) is 57.3 Å². The van der Waals surface area contributed by atoms with E-state index < -0.39 is 5.41 Å². The lowest BCUT2D eigenvalue weighted by molar-refractivity contribution is -0.172. The highest BCUT2D eigenvalue weighted by atomic mass is 16.2. The van der Waals surface area contributed by atoms with E-state index in [4.69, 9.17) is 6.57 Å². The summed E-state index contributed by atoms with van der Waals surface area (Å²) >= 11 is 0. The summed E-state index contributed by atoms with van der Waals surface area (Å²) in [5, 5.41) is 0. The van der Waals surface area contributed by atoms with E-state index in [0.717, 1.165) is 70.9 Å². The van der Waals surface area contributed by atoms with Crippen molar-refractivity contribution in [1.29, 1.82) is 0 Å². The summed E-state index contributed by atoms with van der Waals surface area (Å²) in [6, 6.07) is 0. The number of hydrogen-bond donors (Lipinski definition) is 0. The minimum Gasteiger partial charge on any atom is -0.343 e. The van der Waals surface area contributed by atoms with E-state index in [2.05, 4.69) is 39.5 Å². The summed E-state index contributed by atoms with van der Waals surface area (Å²) in [6.07, 6.45) is 13.9. The lowest BCUT2D eigenvalue weighted by Gasteiger charge is -2.69. The van der Waals surface area contributed by atoms with Crippen molar-refractivity contribution >= 4 is 17.5 Å². The van der Waals surface area contributed by atoms with Crippen molar-refractivity contribution in [3.8, 4) is 0 Å². The maximum atomic E-state index is 14.6. The van der Waals surface area contributed by atoms with Crippen molar-refractivity contribution in [2.75, 3.05) is 13.1 Å². The molecule has 8 atom stereocenters. The number of carbonyl (C=O) groups is 3. The fraction of sp³-hybridized carbons (Fsp3) is 0.771. The van der Waals surface area contributed by atoms with Gasteiger partial charge in [-0.05, 0) is 97.4 Å². The molecule has 0 aromatic carbocycles. The Hall–Kier alpha value is -2.22. The second-order valence-corrected chi connectivity index (χ2v) is 16.0. The third-order valence-corrected chi connectivity index (χ3v) is 13.7. The lowest BCUT2D eigenvalue weighted by atomic mass is 9.34. The van der Waals surface area contributed by atoms with Crippen LogP contribution in [0.25, 0.3) is 4.85 Å². The van der Waals surface area contributed by atoms with Gasteiger partial charge in [-0.2, -0.15) is 0 Å². The van der Waals surface area contributed by atoms with Crippen molar-refractivity contribution in [3.63, 3.8) is 0 Å². The van der Waals surface area contributed by atoms with E-state index in [1.54, 1.807) is 0 Å². The maximum Gasteiger partial charge on any atom is 0.226 e. The predicted molar refractivity (Wildman–Crippen MR) is 156 cm³/mol. The number of amides is 1. The molecule has 1 saturated heterocycles. The number of nitrogens with zero attached hydrogens (tertiary/aromatic N) is 2. The maximum absolute atomic E-state index is 14.6. The van der Waals surface area contributed by atoms with Gasteiger partial charge in [0.1, 0.15) is 0 Å². The SMILES string of the molecule is [C-]#[N+]C1=C[C@]2(C)C3=CC(=O)[C@@H]4[C@@H]5CC(C)(C)CC[C@]5(CCC(=O)N5CCC5)CC[C@@]4(C)[C@]3(C)CC[C@H]2[C@H](C)C1=O. The Morgan fingerprint density at radius 1 is 1.02 bits per heavy atom. The summed E-state index contributed by atoms with van der Waals surface area (Å²) in [4.78, 5) is 46.2. The monoisotopic (exact) mass is 544 g/mol. The quantitative estimate of drug-likeness (QED) is 0.354. The van der Waals surface area contributed by atoms with Crippen molar-refractivity contribution in [1.82, 2.24) is 4.90 Å². The molecular formula is C35H48N2O3. The molecule has 0 bridgehead atoms. The van der Waals surface area contributed by atoms with Crippen LogP contribution in [0.1, 0.15) is 106 Å². The minimum absolute atomic E-state index is 0.0347. The predicted octanol–water partition coefficient (Wildman–Crippen LogP) is 7.18. The van der Waals surface area contributed by atoms with Gasteiger partial charge in [-0.3, -0.25) is 9.59 Å². The van der Waals surface area contributed by atoms with Crippen LogP contribution in [-0.4, -0.2) is 35.5 Å². The van der Waals surface area contributed by atoms with Gasteiger partial charge in [-0.1, -0.05) is 53.2 Å². The van der Waals surface area contributed by atoms with Crippen LogP contribution >= 0.6 is 0 Å². The van der Waals surface area contributed by atoms with Gasteiger partial charge in [0.05, 0.1) is 6.57 Å². The van der Waals surface area contributed by atoms with E-state index in [1.807, 2.05) is 24.0 Å². The molecule has 6 rings (SSSR count). The van der Waals surface area contributed by atoms with Gasteiger partial charge in [0, 0.05) is 36.8 Å². The molecule has 4 fully saturated rings. The van der Waals surface area contributed by atoms with E-state index in [-0.39, 0.29) is 62.6 Å². The van der Waals surface area contributed by atoms with Gasteiger partial charge < -0.3 is 9.69 Å². The number of rotatable bonds is 3. The Labute approximate surface area is 241 Å². The highest BCUT2D eigenvalue weighted by Crippen LogP contribution is 2.74.